The topological polar surface area (TPSA) is 112 Å². The molecule has 0 aromatic heterocycles. The summed E-state index contributed by atoms with van der Waals surface area (Å²) in [5.41, 5.74) is 0. The lowest BCUT2D eigenvalue weighted by Crippen LogP contribution is -2.30. The lowest BCUT2D eigenvalue weighted by Gasteiger charge is -2.19. The highest BCUT2D eigenvalue weighted by molar-refractivity contribution is 5.81. The van der Waals surface area contributed by atoms with Crippen LogP contribution in [0.5, 0.6) is 0 Å². The number of hydrogen-bond donors (Lipinski definition) is 3. The molecule has 2 unspecified atom stereocenters. The number of carboxylic acids is 3. The Morgan fingerprint density at radius 2 is 1.62 bits per heavy atom. The molecule has 0 saturated heterocycles. The van der Waals surface area contributed by atoms with Crippen LogP contribution in [0.1, 0.15) is 19.8 Å². The summed E-state index contributed by atoms with van der Waals surface area (Å²) in [4.78, 5) is 30.1. The summed E-state index contributed by atoms with van der Waals surface area (Å²) in [5, 5.41) is 24.7. The molecular weight excluding hydrogens is 216 g/mol. The van der Waals surface area contributed by atoms with Crippen LogP contribution in [-0.2, 0) is 14.4 Å². The largest absolute Gasteiger partial charge is 0.481 e. The van der Waals surface area contributed by atoms with Gasteiger partial charge in [-0.15, -0.1) is 0 Å². The van der Waals surface area contributed by atoms with Gasteiger partial charge in [0, 0.05) is 6.92 Å². The first kappa shape index (κ1) is 14.2. The molecule has 6 heteroatoms. The molecule has 0 bridgehead atoms. The lowest BCUT2D eigenvalue weighted by atomic mass is 9.84. The van der Waals surface area contributed by atoms with E-state index in [0.717, 1.165) is 6.92 Å². The van der Waals surface area contributed by atoms with E-state index in [-0.39, 0.29) is 0 Å². The fraction of sp³-hybridized carbons (Fsp3) is 0.500. The summed E-state index contributed by atoms with van der Waals surface area (Å²) in [7, 11) is 0. The van der Waals surface area contributed by atoms with Gasteiger partial charge in [-0.05, 0) is 12.8 Å². The molecule has 0 saturated carbocycles. The number of hydrogen-bond acceptors (Lipinski definition) is 3. The van der Waals surface area contributed by atoms with E-state index in [2.05, 4.69) is 0 Å². The van der Waals surface area contributed by atoms with Gasteiger partial charge in [0.05, 0.1) is 11.8 Å². The predicted octanol–water partition coefficient (Wildman–Crippen LogP) is 0.829. The maximum absolute atomic E-state index is 10.6. The molecule has 16 heavy (non-hydrogen) atoms. The van der Waals surface area contributed by atoms with Gasteiger partial charge in [0.25, 0.3) is 5.97 Å². The number of carbonyl (C=O) groups is 3. The van der Waals surface area contributed by atoms with Crippen molar-refractivity contribution in [1.29, 1.82) is 0 Å². The lowest BCUT2D eigenvalue weighted by molar-refractivity contribution is -0.152. The molecule has 90 valence electrons. The molecular formula is C10H14O6. The molecule has 0 aromatic rings. The second-order valence-corrected chi connectivity index (χ2v) is 3.33. The van der Waals surface area contributed by atoms with Crippen LogP contribution in [0.3, 0.4) is 0 Å². The van der Waals surface area contributed by atoms with Crippen molar-refractivity contribution in [2.24, 2.45) is 11.8 Å². The highest BCUT2D eigenvalue weighted by Gasteiger charge is 2.32. The Balaban J connectivity index is 0.000000487. The molecule has 0 spiro atoms. The van der Waals surface area contributed by atoms with Crippen LogP contribution in [-0.4, -0.2) is 33.2 Å². The Bertz CT molecular complexity index is 302. The molecule has 0 heterocycles. The maximum atomic E-state index is 10.6. The Kier molecular flexibility index (Phi) is 5.84. The quantitative estimate of drug-likeness (QED) is 0.605. The molecule has 0 aromatic carbocycles. The van der Waals surface area contributed by atoms with Gasteiger partial charge < -0.3 is 15.3 Å². The zero-order valence-corrected chi connectivity index (χ0v) is 8.79. The van der Waals surface area contributed by atoms with E-state index in [0.29, 0.717) is 12.8 Å². The summed E-state index contributed by atoms with van der Waals surface area (Å²) in [6.07, 6.45) is 4.26. The molecule has 1 aliphatic rings. The van der Waals surface area contributed by atoms with Crippen molar-refractivity contribution in [3.63, 3.8) is 0 Å². The van der Waals surface area contributed by atoms with E-state index in [1.54, 1.807) is 6.08 Å². The third-order valence-electron chi connectivity index (χ3n) is 2.02. The summed E-state index contributed by atoms with van der Waals surface area (Å²) in [6, 6.07) is 0. The molecule has 1 rings (SSSR count). The molecule has 1 aliphatic carbocycles. The molecule has 3 N–H and O–H groups in total. The molecule has 0 fully saturated rings. The van der Waals surface area contributed by atoms with Crippen molar-refractivity contribution in [1.82, 2.24) is 0 Å². The second-order valence-electron chi connectivity index (χ2n) is 3.33. The smallest absolute Gasteiger partial charge is 0.311 e. The van der Waals surface area contributed by atoms with E-state index < -0.39 is 29.7 Å². The van der Waals surface area contributed by atoms with Gasteiger partial charge in [0.15, 0.2) is 0 Å². The van der Waals surface area contributed by atoms with Gasteiger partial charge in [0.2, 0.25) is 0 Å². The van der Waals surface area contributed by atoms with Gasteiger partial charge in [-0.1, -0.05) is 12.2 Å². The minimum atomic E-state index is -1.06. The standard InChI is InChI=1S/C8H10O4.C2H4O2/c9-7(10)5-3-1-2-4-6(5)8(11)12;1-2(3)4/h1,3,5-6H,2,4H2,(H,9,10)(H,11,12);1H3,(H,3,4). The Morgan fingerprint density at radius 3 is 1.94 bits per heavy atom. The SMILES string of the molecule is CC(=O)O.O=C(O)C1C=CCCC1C(=O)O. The average molecular weight is 230 g/mol. The minimum absolute atomic E-state index is 0.419. The van der Waals surface area contributed by atoms with Crippen LogP contribution >= 0.6 is 0 Å². The highest BCUT2D eigenvalue weighted by atomic mass is 16.4. The number of carboxylic acid groups (broad SMARTS) is 3. The highest BCUT2D eigenvalue weighted by Crippen LogP contribution is 2.24. The Labute approximate surface area is 92.2 Å². The zero-order valence-electron chi connectivity index (χ0n) is 8.79. The third kappa shape index (κ3) is 5.14. The fourth-order valence-corrected chi connectivity index (χ4v) is 1.36. The van der Waals surface area contributed by atoms with Crippen LogP contribution in [0.25, 0.3) is 0 Å². The van der Waals surface area contributed by atoms with Gasteiger partial charge >= 0.3 is 11.9 Å². The molecule has 0 aliphatic heterocycles. The first-order chi connectivity index (χ1) is 7.36. The molecule has 2 atom stereocenters. The van der Waals surface area contributed by atoms with Gasteiger partial charge in [-0.25, -0.2) is 0 Å². The van der Waals surface area contributed by atoms with Crippen molar-refractivity contribution >= 4 is 17.9 Å². The zero-order chi connectivity index (χ0) is 12.7. The van der Waals surface area contributed by atoms with Gasteiger partial charge in [-0.2, -0.15) is 0 Å². The van der Waals surface area contributed by atoms with E-state index in [1.165, 1.54) is 6.08 Å². The number of rotatable bonds is 2. The van der Waals surface area contributed by atoms with Crippen LogP contribution in [0.2, 0.25) is 0 Å². The van der Waals surface area contributed by atoms with Crippen LogP contribution < -0.4 is 0 Å². The summed E-state index contributed by atoms with van der Waals surface area (Å²) in [6.45, 7) is 1.08. The molecule has 0 amide bonds. The summed E-state index contributed by atoms with van der Waals surface area (Å²) in [5.74, 6) is -4.52. The summed E-state index contributed by atoms with van der Waals surface area (Å²) < 4.78 is 0. The second kappa shape index (κ2) is 6.60. The average Bonchev–Trinajstić information content (AvgIpc) is 2.16. The summed E-state index contributed by atoms with van der Waals surface area (Å²) >= 11 is 0. The van der Waals surface area contributed by atoms with E-state index in [9.17, 15) is 9.59 Å². The Morgan fingerprint density at radius 1 is 1.12 bits per heavy atom. The van der Waals surface area contributed by atoms with Crippen LogP contribution in [0, 0.1) is 11.8 Å². The van der Waals surface area contributed by atoms with Crippen molar-refractivity contribution in [3.8, 4) is 0 Å². The van der Waals surface area contributed by atoms with E-state index in [4.69, 9.17) is 20.1 Å². The number of aliphatic carboxylic acids is 3. The van der Waals surface area contributed by atoms with Crippen molar-refractivity contribution < 1.29 is 29.7 Å². The van der Waals surface area contributed by atoms with Crippen LogP contribution in [0.4, 0.5) is 0 Å². The van der Waals surface area contributed by atoms with Crippen molar-refractivity contribution in [3.05, 3.63) is 12.2 Å². The first-order valence-corrected chi connectivity index (χ1v) is 4.68. The minimum Gasteiger partial charge on any atom is -0.481 e. The Hall–Kier alpha value is -1.85. The van der Waals surface area contributed by atoms with Crippen molar-refractivity contribution in [2.45, 2.75) is 19.8 Å². The predicted molar refractivity (Wildman–Crippen MR) is 53.9 cm³/mol. The van der Waals surface area contributed by atoms with Crippen molar-refractivity contribution in [2.75, 3.05) is 0 Å². The maximum Gasteiger partial charge on any atom is 0.311 e. The number of allylic oxidation sites excluding steroid dienone is 1. The monoisotopic (exact) mass is 230 g/mol. The normalized spacial score (nSPS) is 22.8. The molecule has 0 radical (unpaired) electrons. The van der Waals surface area contributed by atoms with E-state index in [1.807, 2.05) is 0 Å². The molecule has 6 nitrogen and oxygen atoms in total. The fourth-order valence-electron chi connectivity index (χ4n) is 1.36. The van der Waals surface area contributed by atoms with Crippen LogP contribution in [0.15, 0.2) is 12.2 Å². The first-order valence-electron chi connectivity index (χ1n) is 4.68. The van der Waals surface area contributed by atoms with Gasteiger partial charge in [-0.3, -0.25) is 14.4 Å². The van der Waals surface area contributed by atoms with Gasteiger partial charge in [0.1, 0.15) is 0 Å². The third-order valence-corrected chi connectivity index (χ3v) is 2.02. The van der Waals surface area contributed by atoms with E-state index >= 15 is 0 Å².